The Balaban J connectivity index is 2.22. The smallest absolute Gasteiger partial charge is 0.410 e. The second-order valence-electron chi connectivity index (χ2n) is 8.26. The molecule has 0 aliphatic carbocycles. The second kappa shape index (κ2) is 8.90. The van der Waals surface area contributed by atoms with Crippen LogP contribution < -0.4 is 5.73 Å². The molecule has 1 aromatic rings. The lowest BCUT2D eigenvalue weighted by atomic mass is 9.73. The van der Waals surface area contributed by atoms with Gasteiger partial charge in [-0.2, -0.15) is 0 Å². The molecule has 1 heterocycles. The van der Waals surface area contributed by atoms with Crippen LogP contribution >= 0.6 is 0 Å². The number of carbonyl (C=O) groups excluding carboxylic acids is 2. The van der Waals surface area contributed by atoms with E-state index < -0.39 is 17.1 Å². The first-order valence-corrected chi connectivity index (χ1v) is 9.73. The van der Waals surface area contributed by atoms with Gasteiger partial charge < -0.3 is 20.1 Å². The summed E-state index contributed by atoms with van der Waals surface area (Å²) in [7, 11) is 0. The van der Waals surface area contributed by atoms with E-state index in [1.807, 2.05) is 20.8 Å². The maximum Gasteiger partial charge on any atom is 0.410 e. The lowest BCUT2D eigenvalue weighted by Gasteiger charge is -2.40. The van der Waals surface area contributed by atoms with Gasteiger partial charge in [0.15, 0.2) is 0 Å². The maximum absolute atomic E-state index is 13.8. The second-order valence-corrected chi connectivity index (χ2v) is 8.26. The molecule has 0 aromatic heterocycles. The Morgan fingerprint density at radius 1 is 1.21 bits per heavy atom. The first-order chi connectivity index (χ1) is 13.1. The lowest BCUT2D eigenvalue weighted by molar-refractivity contribution is -0.158. The summed E-state index contributed by atoms with van der Waals surface area (Å²) in [6, 6.07) is 4.45. The molecule has 7 heteroatoms. The Bertz CT molecular complexity index is 707. The van der Waals surface area contributed by atoms with Crippen molar-refractivity contribution < 1.29 is 23.5 Å². The average Bonchev–Trinajstić information content (AvgIpc) is 2.61. The van der Waals surface area contributed by atoms with Crippen molar-refractivity contribution in [2.45, 2.75) is 59.1 Å². The number of halogens is 1. The van der Waals surface area contributed by atoms with Crippen LogP contribution in [0.3, 0.4) is 0 Å². The van der Waals surface area contributed by atoms with Crippen LogP contribution in [0.2, 0.25) is 0 Å². The Labute approximate surface area is 166 Å². The van der Waals surface area contributed by atoms with E-state index in [1.165, 1.54) is 12.1 Å². The van der Waals surface area contributed by atoms with E-state index in [2.05, 4.69) is 0 Å². The van der Waals surface area contributed by atoms with Gasteiger partial charge in [-0.25, -0.2) is 9.18 Å². The topological polar surface area (TPSA) is 81.9 Å². The van der Waals surface area contributed by atoms with E-state index in [0.29, 0.717) is 37.9 Å². The summed E-state index contributed by atoms with van der Waals surface area (Å²) in [4.78, 5) is 26.8. The van der Waals surface area contributed by atoms with Gasteiger partial charge in [0.25, 0.3) is 0 Å². The van der Waals surface area contributed by atoms with Gasteiger partial charge in [-0.05, 0) is 70.2 Å². The van der Waals surface area contributed by atoms with Gasteiger partial charge in [0.05, 0.1) is 12.0 Å². The van der Waals surface area contributed by atoms with Gasteiger partial charge in [0, 0.05) is 19.6 Å². The van der Waals surface area contributed by atoms with Crippen molar-refractivity contribution in [1.29, 1.82) is 0 Å². The first-order valence-electron chi connectivity index (χ1n) is 9.73. The Morgan fingerprint density at radius 3 is 2.39 bits per heavy atom. The van der Waals surface area contributed by atoms with E-state index >= 15 is 0 Å². The number of rotatable bonds is 5. The van der Waals surface area contributed by atoms with Crippen molar-refractivity contribution >= 4 is 12.1 Å². The largest absolute Gasteiger partial charge is 0.466 e. The number of piperidine rings is 1. The summed E-state index contributed by atoms with van der Waals surface area (Å²) in [5.41, 5.74) is 5.92. The highest BCUT2D eigenvalue weighted by Gasteiger charge is 2.44. The van der Waals surface area contributed by atoms with Crippen LogP contribution in [0.15, 0.2) is 18.2 Å². The number of esters is 1. The zero-order chi connectivity index (χ0) is 20.9. The van der Waals surface area contributed by atoms with E-state index in [1.54, 1.807) is 17.9 Å². The molecule has 0 radical (unpaired) electrons. The fourth-order valence-corrected chi connectivity index (χ4v) is 3.50. The van der Waals surface area contributed by atoms with Gasteiger partial charge >= 0.3 is 12.1 Å². The number of carbonyl (C=O) groups is 2. The highest BCUT2D eigenvalue weighted by atomic mass is 19.1. The van der Waals surface area contributed by atoms with Crippen molar-refractivity contribution in [1.82, 2.24) is 4.90 Å². The number of benzene rings is 1. The summed E-state index contributed by atoms with van der Waals surface area (Å²) < 4.78 is 24.6. The van der Waals surface area contributed by atoms with Gasteiger partial charge in [0.2, 0.25) is 0 Å². The quantitative estimate of drug-likeness (QED) is 0.774. The monoisotopic (exact) mass is 394 g/mol. The highest BCUT2D eigenvalue weighted by molar-refractivity contribution is 5.78. The third-order valence-corrected chi connectivity index (χ3v) is 5.00. The molecule has 156 valence electrons. The molecule has 1 fully saturated rings. The summed E-state index contributed by atoms with van der Waals surface area (Å²) >= 11 is 0. The number of ether oxygens (including phenoxy) is 2. The zero-order valence-corrected chi connectivity index (χ0v) is 17.2. The zero-order valence-electron chi connectivity index (χ0n) is 17.2. The molecule has 0 unspecified atom stereocenters. The predicted molar refractivity (Wildman–Crippen MR) is 104 cm³/mol. The normalized spacial score (nSPS) is 16.6. The number of nitrogens with two attached hydrogens (primary N) is 1. The molecule has 0 atom stereocenters. The number of likely N-dealkylation sites (tertiary alicyclic amines) is 1. The molecule has 1 aromatic carbocycles. The average molecular weight is 394 g/mol. The molecule has 1 amide bonds. The fraction of sp³-hybridized carbons (Fsp3) is 0.619. The number of hydrogen-bond donors (Lipinski definition) is 1. The summed E-state index contributed by atoms with van der Waals surface area (Å²) in [5, 5.41) is 0. The van der Waals surface area contributed by atoms with Gasteiger partial charge in [-0.1, -0.05) is 6.07 Å². The number of hydrogen-bond acceptors (Lipinski definition) is 5. The highest BCUT2D eigenvalue weighted by Crippen LogP contribution is 2.38. The number of amides is 1. The Kier molecular flexibility index (Phi) is 7.04. The van der Waals surface area contributed by atoms with E-state index in [0.717, 1.165) is 5.56 Å². The van der Waals surface area contributed by atoms with Crippen LogP contribution in [0, 0.1) is 11.2 Å². The van der Waals surface area contributed by atoms with Crippen LogP contribution in [-0.4, -0.2) is 42.3 Å². The van der Waals surface area contributed by atoms with Crippen LogP contribution in [0.5, 0.6) is 0 Å². The Hall–Kier alpha value is -2.15. The van der Waals surface area contributed by atoms with E-state index in [-0.39, 0.29) is 24.9 Å². The van der Waals surface area contributed by atoms with Crippen molar-refractivity contribution in [2.75, 3.05) is 19.7 Å². The predicted octanol–water partition coefficient (Wildman–Crippen LogP) is 3.41. The molecule has 6 nitrogen and oxygen atoms in total. The molecule has 0 spiro atoms. The third-order valence-electron chi connectivity index (χ3n) is 5.00. The minimum Gasteiger partial charge on any atom is -0.466 e. The molecule has 0 bridgehead atoms. The lowest BCUT2D eigenvalue weighted by Crippen LogP contribution is -2.49. The minimum absolute atomic E-state index is 0.262. The molecule has 1 aliphatic rings. The van der Waals surface area contributed by atoms with Crippen LogP contribution in [-0.2, 0) is 27.2 Å². The molecule has 0 saturated carbocycles. The molecule has 28 heavy (non-hydrogen) atoms. The maximum atomic E-state index is 13.8. The number of nitrogens with zero attached hydrogens (tertiary/aromatic N) is 1. The summed E-state index contributed by atoms with van der Waals surface area (Å²) in [6.07, 6.45) is 0.786. The molecule has 1 saturated heterocycles. The molecular formula is C21H31FN2O4. The van der Waals surface area contributed by atoms with Crippen molar-refractivity contribution in [3.05, 3.63) is 35.1 Å². The molecular weight excluding hydrogens is 363 g/mol. The van der Waals surface area contributed by atoms with Crippen molar-refractivity contribution in [3.8, 4) is 0 Å². The molecule has 2 rings (SSSR count). The van der Waals surface area contributed by atoms with E-state index in [9.17, 15) is 14.0 Å². The third kappa shape index (κ3) is 5.44. The summed E-state index contributed by atoms with van der Waals surface area (Å²) in [6.45, 7) is 8.49. The first kappa shape index (κ1) is 22.1. The SMILES string of the molecule is CCOC(=O)C1(Cc2cc(F)ccc2CN)CCN(C(=O)OC(C)(C)C)CC1. The van der Waals surface area contributed by atoms with Crippen molar-refractivity contribution in [3.63, 3.8) is 0 Å². The minimum atomic E-state index is -0.813. The molecule has 2 N–H and O–H groups in total. The van der Waals surface area contributed by atoms with Crippen LogP contribution in [0.25, 0.3) is 0 Å². The van der Waals surface area contributed by atoms with Crippen LogP contribution in [0.4, 0.5) is 9.18 Å². The summed E-state index contributed by atoms with van der Waals surface area (Å²) in [5.74, 6) is -0.677. The van der Waals surface area contributed by atoms with Gasteiger partial charge in [-0.15, -0.1) is 0 Å². The van der Waals surface area contributed by atoms with Gasteiger partial charge in [0.1, 0.15) is 11.4 Å². The standard InChI is InChI=1S/C21H31FN2O4/c1-5-27-18(25)21(13-16-12-17(22)7-6-15(16)14-23)8-10-24(11-9-21)19(26)28-20(2,3)4/h6-7,12H,5,8-11,13-14,23H2,1-4H3. The van der Waals surface area contributed by atoms with Gasteiger partial charge in [-0.3, -0.25) is 4.79 Å². The van der Waals surface area contributed by atoms with E-state index in [4.69, 9.17) is 15.2 Å². The molecule has 1 aliphatic heterocycles. The fourth-order valence-electron chi connectivity index (χ4n) is 3.50. The van der Waals surface area contributed by atoms with Crippen LogP contribution in [0.1, 0.15) is 51.7 Å². The Morgan fingerprint density at radius 2 is 1.86 bits per heavy atom. The van der Waals surface area contributed by atoms with Crippen molar-refractivity contribution in [2.24, 2.45) is 11.1 Å².